The molecule has 19 heavy (non-hydrogen) atoms. The number of nitrogens with one attached hydrogen (secondary N) is 1. The number of nitrogens with two attached hydrogens (primary N) is 1. The highest BCUT2D eigenvalue weighted by Crippen LogP contribution is 2.34. The lowest BCUT2D eigenvalue weighted by atomic mass is 10.3. The predicted molar refractivity (Wildman–Crippen MR) is 71.1 cm³/mol. The number of hydrogen-bond donors (Lipinski definition) is 2. The monoisotopic (exact) mass is 281 g/mol. The summed E-state index contributed by atoms with van der Waals surface area (Å²) in [4.78, 5) is 18.6. The molecule has 3 N–H and O–H groups in total. The average molecular weight is 281 g/mol. The normalized spacial score (nSPS) is 10.5. The van der Waals surface area contributed by atoms with Crippen LogP contribution in [0.25, 0.3) is 0 Å². The summed E-state index contributed by atoms with van der Waals surface area (Å²) in [7, 11) is 1.37. The molecule has 0 aliphatic rings. The number of hydrogen-bond acceptors (Lipinski definition) is 5. The SMILES string of the molecule is COc1cc(Sc2nc(C)cc(=O)[nH]2)c(N)cc1F. The van der Waals surface area contributed by atoms with Gasteiger partial charge < -0.3 is 15.5 Å². The Balaban J connectivity index is 2.40. The zero-order valence-electron chi connectivity index (χ0n) is 10.4. The van der Waals surface area contributed by atoms with Crippen LogP contribution in [0.3, 0.4) is 0 Å². The highest BCUT2D eigenvalue weighted by Gasteiger charge is 2.11. The molecule has 0 aliphatic carbocycles. The third-order valence-electron chi connectivity index (χ3n) is 2.34. The van der Waals surface area contributed by atoms with Gasteiger partial charge in [0.05, 0.1) is 7.11 Å². The average Bonchev–Trinajstić information content (AvgIpc) is 2.31. The van der Waals surface area contributed by atoms with Gasteiger partial charge in [0.15, 0.2) is 16.7 Å². The minimum atomic E-state index is -0.532. The maximum Gasteiger partial charge on any atom is 0.251 e. The molecule has 0 amide bonds. The maximum absolute atomic E-state index is 13.4. The van der Waals surface area contributed by atoms with Gasteiger partial charge in [0.2, 0.25) is 0 Å². The lowest BCUT2D eigenvalue weighted by Gasteiger charge is -2.08. The number of nitrogen functional groups attached to an aromatic ring is 1. The quantitative estimate of drug-likeness (QED) is 0.664. The largest absolute Gasteiger partial charge is 0.494 e. The second-order valence-corrected chi connectivity index (χ2v) is 4.85. The van der Waals surface area contributed by atoms with Crippen molar-refractivity contribution in [1.29, 1.82) is 0 Å². The Bertz CT molecular complexity index is 673. The first-order valence-corrected chi connectivity index (χ1v) is 6.20. The van der Waals surface area contributed by atoms with Crippen molar-refractivity contribution in [1.82, 2.24) is 9.97 Å². The minimum absolute atomic E-state index is 0.0895. The molecule has 0 spiro atoms. The Kier molecular flexibility index (Phi) is 3.75. The summed E-state index contributed by atoms with van der Waals surface area (Å²) >= 11 is 1.14. The number of aryl methyl sites for hydroxylation is 1. The van der Waals surface area contributed by atoms with E-state index in [1.54, 1.807) is 6.92 Å². The number of halogens is 1. The van der Waals surface area contributed by atoms with E-state index in [4.69, 9.17) is 10.5 Å². The molecule has 2 rings (SSSR count). The van der Waals surface area contributed by atoms with Crippen LogP contribution in [0.4, 0.5) is 10.1 Å². The molecule has 1 aromatic heterocycles. The number of benzene rings is 1. The zero-order valence-corrected chi connectivity index (χ0v) is 11.2. The molecule has 1 heterocycles. The van der Waals surface area contributed by atoms with Gasteiger partial charge in [0, 0.05) is 28.4 Å². The van der Waals surface area contributed by atoms with Gasteiger partial charge in [-0.2, -0.15) is 0 Å². The number of aromatic nitrogens is 2. The number of ether oxygens (including phenoxy) is 1. The van der Waals surface area contributed by atoms with E-state index < -0.39 is 5.82 Å². The molecule has 0 aliphatic heterocycles. The van der Waals surface area contributed by atoms with E-state index in [9.17, 15) is 9.18 Å². The molecule has 1 aromatic carbocycles. The zero-order chi connectivity index (χ0) is 14.0. The molecule has 0 atom stereocenters. The molecule has 0 radical (unpaired) electrons. The first-order valence-electron chi connectivity index (χ1n) is 5.38. The standard InChI is InChI=1S/C12H12FN3O2S/c1-6-3-11(17)16-12(15-6)19-10-5-9(18-2)7(13)4-8(10)14/h3-5H,14H2,1-2H3,(H,15,16,17). The fourth-order valence-electron chi connectivity index (χ4n) is 1.50. The number of rotatable bonds is 3. The van der Waals surface area contributed by atoms with Crippen LogP contribution in [0.5, 0.6) is 5.75 Å². The van der Waals surface area contributed by atoms with Crippen LogP contribution >= 0.6 is 11.8 Å². The van der Waals surface area contributed by atoms with Gasteiger partial charge in [-0.05, 0) is 24.8 Å². The van der Waals surface area contributed by atoms with Gasteiger partial charge in [-0.3, -0.25) is 4.79 Å². The summed E-state index contributed by atoms with van der Waals surface area (Å²) in [6, 6.07) is 4.03. The number of aromatic amines is 1. The van der Waals surface area contributed by atoms with Crippen LogP contribution in [-0.4, -0.2) is 17.1 Å². The van der Waals surface area contributed by atoms with Crippen LogP contribution in [-0.2, 0) is 0 Å². The van der Waals surface area contributed by atoms with Crippen LogP contribution in [0.15, 0.2) is 33.0 Å². The van der Waals surface area contributed by atoms with E-state index >= 15 is 0 Å². The van der Waals surface area contributed by atoms with Crippen LogP contribution in [0.1, 0.15) is 5.69 Å². The third kappa shape index (κ3) is 3.05. The molecule has 100 valence electrons. The van der Waals surface area contributed by atoms with E-state index in [2.05, 4.69) is 9.97 Å². The highest BCUT2D eigenvalue weighted by atomic mass is 32.2. The molecule has 7 heteroatoms. The molecule has 2 aromatic rings. The van der Waals surface area contributed by atoms with E-state index in [0.29, 0.717) is 15.7 Å². The Hall–Kier alpha value is -2.02. The van der Waals surface area contributed by atoms with Gasteiger partial charge in [-0.15, -0.1) is 0 Å². The van der Waals surface area contributed by atoms with E-state index in [0.717, 1.165) is 11.8 Å². The lowest BCUT2D eigenvalue weighted by Crippen LogP contribution is -2.08. The van der Waals surface area contributed by atoms with Gasteiger partial charge in [-0.25, -0.2) is 9.37 Å². The second-order valence-electron chi connectivity index (χ2n) is 3.82. The number of nitrogens with zero attached hydrogens (tertiary/aromatic N) is 1. The van der Waals surface area contributed by atoms with Crippen molar-refractivity contribution >= 4 is 17.4 Å². The van der Waals surface area contributed by atoms with E-state index in [1.165, 1.54) is 25.3 Å². The predicted octanol–water partition coefficient (Wildman–Crippen LogP) is 1.96. The Morgan fingerprint density at radius 2 is 2.16 bits per heavy atom. The summed E-state index contributed by atoms with van der Waals surface area (Å²) in [6.45, 7) is 1.72. The van der Waals surface area contributed by atoms with Crippen molar-refractivity contribution in [2.24, 2.45) is 0 Å². The van der Waals surface area contributed by atoms with E-state index in [-0.39, 0.29) is 17.0 Å². The topological polar surface area (TPSA) is 81.0 Å². The third-order valence-corrected chi connectivity index (χ3v) is 3.30. The molecule has 5 nitrogen and oxygen atoms in total. The number of anilines is 1. The summed E-state index contributed by atoms with van der Waals surface area (Å²) < 4.78 is 18.3. The van der Waals surface area contributed by atoms with Gasteiger partial charge in [0.25, 0.3) is 5.56 Å². The first-order chi connectivity index (χ1) is 8.99. The molecular formula is C12H12FN3O2S. The molecule has 0 saturated carbocycles. The first kappa shape index (κ1) is 13.4. The molecule has 0 fully saturated rings. The number of H-pyrrole nitrogens is 1. The second kappa shape index (κ2) is 5.31. The van der Waals surface area contributed by atoms with Crippen molar-refractivity contribution in [3.63, 3.8) is 0 Å². The van der Waals surface area contributed by atoms with Crippen molar-refractivity contribution in [2.75, 3.05) is 12.8 Å². The fourth-order valence-corrected chi connectivity index (χ4v) is 2.39. The summed E-state index contributed by atoms with van der Waals surface area (Å²) in [5.74, 6) is -0.443. The summed E-state index contributed by atoms with van der Waals surface area (Å²) in [6.07, 6.45) is 0. The van der Waals surface area contributed by atoms with Gasteiger partial charge in [-0.1, -0.05) is 0 Å². The summed E-state index contributed by atoms with van der Waals surface area (Å²) in [5.41, 5.74) is 6.34. The van der Waals surface area contributed by atoms with Crippen LogP contribution in [0.2, 0.25) is 0 Å². The molecule has 0 bridgehead atoms. The van der Waals surface area contributed by atoms with Crippen molar-refractivity contribution in [2.45, 2.75) is 17.0 Å². The smallest absolute Gasteiger partial charge is 0.251 e. The minimum Gasteiger partial charge on any atom is -0.494 e. The lowest BCUT2D eigenvalue weighted by molar-refractivity contribution is 0.385. The highest BCUT2D eigenvalue weighted by molar-refractivity contribution is 7.99. The van der Waals surface area contributed by atoms with Crippen molar-refractivity contribution < 1.29 is 9.13 Å². The van der Waals surface area contributed by atoms with Gasteiger partial charge >= 0.3 is 0 Å². The Morgan fingerprint density at radius 3 is 2.79 bits per heavy atom. The molecule has 0 unspecified atom stereocenters. The van der Waals surface area contributed by atoms with E-state index in [1.807, 2.05) is 0 Å². The van der Waals surface area contributed by atoms with Crippen LogP contribution < -0.4 is 16.0 Å². The maximum atomic E-state index is 13.4. The van der Waals surface area contributed by atoms with Crippen molar-refractivity contribution in [3.8, 4) is 5.75 Å². The summed E-state index contributed by atoms with van der Waals surface area (Å²) in [5, 5.41) is 0.394. The fraction of sp³-hybridized carbons (Fsp3) is 0.167. The number of methoxy groups -OCH3 is 1. The molecular weight excluding hydrogens is 269 g/mol. The Labute approximate surface area is 113 Å². The van der Waals surface area contributed by atoms with Gasteiger partial charge in [0.1, 0.15) is 0 Å². The van der Waals surface area contributed by atoms with Crippen LogP contribution in [0, 0.1) is 12.7 Å². The van der Waals surface area contributed by atoms with Crippen molar-refractivity contribution in [3.05, 3.63) is 40.1 Å². The Morgan fingerprint density at radius 1 is 1.42 bits per heavy atom. The molecule has 0 saturated heterocycles.